The predicted octanol–water partition coefficient (Wildman–Crippen LogP) is 2.21. The maximum atomic E-state index is 12.2. The van der Waals surface area contributed by atoms with E-state index in [9.17, 15) is 4.79 Å². The third-order valence-electron chi connectivity index (χ3n) is 3.91. The molecule has 1 aromatic carbocycles. The molecule has 5 nitrogen and oxygen atoms in total. The molecule has 1 aromatic rings. The zero-order valence-corrected chi connectivity index (χ0v) is 15.0. The molecule has 124 valence electrons. The van der Waals surface area contributed by atoms with E-state index in [1.54, 1.807) is 11.8 Å². The summed E-state index contributed by atoms with van der Waals surface area (Å²) in [6.07, 6.45) is 0. The Kier molecular flexibility index (Phi) is 5.85. The first kappa shape index (κ1) is 16.7. The summed E-state index contributed by atoms with van der Waals surface area (Å²) < 4.78 is 1.03. The van der Waals surface area contributed by atoms with Crippen LogP contribution in [-0.2, 0) is 4.79 Å². The molecule has 1 fully saturated rings. The van der Waals surface area contributed by atoms with Gasteiger partial charge in [0.25, 0.3) is 0 Å². The Balaban J connectivity index is 1.59. The van der Waals surface area contributed by atoms with Crippen LogP contribution < -0.4 is 10.2 Å². The largest absolute Gasteiger partial charge is 0.367 e. The second-order valence-corrected chi connectivity index (χ2v) is 7.95. The number of rotatable bonds is 4. The van der Waals surface area contributed by atoms with Crippen molar-refractivity contribution in [2.45, 2.75) is 0 Å². The smallest absolute Gasteiger partial charge is 0.234 e. The third-order valence-corrected chi connectivity index (χ3v) is 6.16. The number of amides is 1. The third kappa shape index (κ3) is 4.65. The number of carbonyl (C=O) groups is 1. The van der Waals surface area contributed by atoms with Crippen LogP contribution in [0.15, 0.2) is 29.3 Å². The van der Waals surface area contributed by atoms with E-state index in [-0.39, 0.29) is 5.91 Å². The molecule has 0 atom stereocenters. The number of nitrogens with zero attached hydrogens (tertiary/aromatic N) is 3. The summed E-state index contributed by atoms with van der Waals surface area (Å²) in [5, 5.41) is 3.06. The van der Waals surface area contributed by atoms with Gasteiger partial charge in [0.2, 0.25) is 5.91 Å². The first-order valence-corrected chi connectivity index (χ1v) is 9.82. The highest BCUT2D eigenvalue weighted by molar-refractivity contribution is 8.39. The molecule has 0 aromatic heterocycles. The number of thioether (sulfide) groups is 2. The van der Waals surface area contributed by atoms with Gasteiger partial charge in [-0.05, 0) is 19.2 Å². The van der Waals surface area contributed by atoms with E-state index >= 15 is 0 Å². The zero-order valence-electron chi connectivity index (χ0n) is 13.3. The van der Waals surface area contributed by atoms with Gasteiger partial charge in [-0.2, -0.15) is 0 Å². The number of para-hydroxylation sites is 2. The van der Waals surface area contributed by atoms with Crippen LogP contribution >= 0.6 is 23.5 Å². The van der Waals surface area contributed by atoms with Crippen LogP contribution in [0.5, 0.6) is 0 Å². The lowest BCUT2D eigenvalue weighted by Crippen LogP contribution is -2.44. The first-order valence-electron chi connectivity index (χ1n) is 7.85. The molecule has 2 aliphatic rings. The van der Waals surface area contributed by atoms with Crippen molar-refractivity contribution in [1.82, 2.24) is 4.90 Å². The highest BCUT2D eigenvalue weighted by atomic mass is 32.2. The Labute approximate surface area is 145 Å². The topological polar surface area (TPSA) is 47.9 Å². The fraction of sp³-hybridized carbons (Fsp3) is 0.500. The molecule has 0 bridgehead atoms. The van der Waals surface area contributed by atoms with Gasteiger partial charge in [0, 0.05) is 31.9 Å². The SMILES string of the molecule is CN1CCN(c2ccccc2NC(=O)CSC2=NCCS2)CC1. The standard InChI is InChI=1S/C16H22N4OS2/c1-19-7-9-20(10-8-19)14-5-3-2-4-13(14)18-15(21)12-23-16-17-6-11-22-16/h2-5H,6-12H2,1H3,(H,18,21). The number of aliphatic imine (C=N–C) groups is 1. The van der Waals surface area contributed by atoms with E-state index in [2.05, 4.69) is 33.2 Å². The fourth-order valence-electron chi connectivity index (χ4n) is 2.62. The van der Waals surface area contributed by atoms with Crippen LogP contribution in [0, 0.1) is 0 Å². The fourth-order valence-corrected chi connectivity index (χ4v) is 4.43. The molecule has 0 aliphatic carbocycles. The van der Waals surface area contributed by atoms with Gasteiger partial charge in [0.1, 0.15) is 4.38 Å². The maximum Gasteiger partial charge on any atom is 0.234 e. The van der Waals surface area contributed by atoms with Crippen molar-refractivity contribution < 1.29 is 4.79 Å². The van der Waals surface area contributed by atoms with Gasteiger partial charge in [-0.3, -0.25) is 9.79 Å². The molecule has 1 N–H and O–H groups in total. The van der Waals surface area contributed by atoms with Crippen molar-refractivity contribution in [1.29, 1.82) is 0 Å². The maximum absolute atomic E-state index is 12.2. The molecule has 1 saturated heterocycles. The number of piperazine rings is 1. The number of anilines is 2. The molecule has 0 radical (unpaired) electrons. The molecule has 3 rings (SSSR count). The number of likely N-dealkylation sites (N-methyl/N-ethyl adjacent to an activating group) is 1. The molecule has 23 heavy (non-hydrogen) atoms. The summed E-state index contributed by atoms with van der Waals surface area (Å²) in [7, 11) is 2.14. The number of hydrogen-bond acceptors (Lipinski definition) is 6. The van der Waals surface area contributed by atoms with Crippen molar-refractivity contribution in [2.75, 3.05) is 61.5 Å². The highest BCUT2D eigenvalue weighted by Gasteiger charge is 2.18. The highest BCUT2D eigenvalue weighted by Crippen LogP contribution is 2.27. The van der Waals surface area contributed by atoms with Gasteiger partial charge >= 0.3 is 0 Å². The Bertz CT molecular complexity index is 585. The van der Waals surface area contributed by atoms with Gasteiger partial charge in [-0.25, -0.2) is 0 Å². The lowest BCUT2D eigenvalue weighted by Gasteiger charge is -2.35. The summed E-state index contributed by atoms with van der Waals surface area (Å²) in [6.45, 7) is 4.96. The molecule has 0 spiro atoms. The molecule has 7 heteroatoms. The van der Waals surface area contributed by atoms with Crippen molar-refractivity contribution in [3.63, 3.8) is 0 Å². The minimum absolute atomic E-state index is 0.0341. The number of benzene rings is 1. The average molecular weight is 351 g/mol. The number of hydrogen-bond donors (Lipinski definition) is 1. The van der Waals surface area contributed by atoms with E-state index in [0.29, 0.717) is 5.75 Å². The zero-order chi connectivity index (χ0) is 16.1. The number of nitrogens with one attached hydrogen (secondary N) is 1. The van der Waals surface area contributed by atoms with Crippen LogP contribution in [0.4, 0.5) is 11.4 Å². The second kappa shape index (κ2) is 8.08. The van der Waals surface area contributed by atoms with Gasteiger partial charge in [-0.1, -0.05) is 35.7 Å². The van der Waals surface area contributed by atoms with Crippen molar-refractivity contribution in [2.24, 2.45) is 4.99 Å². The van der Waals surface area contributed by atoms with Gasteiger partial charge in [-0.15, -0.1) is 0 Å². The Hall–Kier alpha value is -1.18. The normalized spacial score (nSPS) is 18.8. The summed E-state index contributed by atoms with van der Waals surface area (Å²) >= 11 is 3.27. The first-order chi connectivity index (χ1) is 11.2. The Morgan fingerprint density at radius 2 is 2.09 bits per heavy atom. The molecule has 0 unspecified atom stereocenters. The molecular formula is C16H22N4OS2. The summed E-state index contributed by atoms with van der Waals surface area (Å²) in [5.41, 5.74) is 2.02. The Morgan fingerprint density at radius 1 is 1.30 bits per heavy atom. The van der Waals surface area contributed by atoms with Crippen LogP contribution in [0.3, 0.4) is 0 Å². The molecule has 2 heterocycles. The lowest BCUT2D eigenvalue weighted by atomic mass is 10.2. The van der Waals surface area contributed by atoms with Crippen LogP contribution in [-0.4, -0.2) is 66.5 Å². The minimum atomic E-state index is 0.0341. The van der Waals surface area contributed by atoms with Gasteiger partial charge in [0.05, 0.1) is 23.7 Å². The van der Waals surface area contributed by atoms with Crippen LogP contribution in [0.1, 0.15) is 0 Å². The van der Waals surface area contributed by atoms with Crippen molar-refractivity contribution >= 4 is 45.2 Å². The average Bonchev–Trinajstić information content (AvgIpc) is 3.08. The molecule has 1 amide bonds. The molecule has 2 aliphatic heterocycles. The van der Waals surface area contributed by atoms with E-state index in [0.717, 1.165) is 54.2 Å². The molecular weight excluding hydrogens is 328 g/mol. The predicted molar refractivity (Wildman–Crippen MR) is 102 cm³/mol. The lowest BCUT2D eigenvalue weighted by molar-refractivity contribution is -0.113. The van der Waals surface area contributed by atoms with E-state index in [4.69, 9.17) is 0 Å². The monoisotopic (exact) mass is 350 g/mol. The van der Waals surface area contributed by atoms with Crippen LogP contribution in [0.25, 0.3) is 0 Å². The van der Waals surface area contributed by atoms with E-state index in [1.165, 1.54) is 11.8 Å². The second-order valence-electron chi connectivity index (χ2n) is 5.64. The summed E-state index contributed by atoms with van der Waals surface area (Å²) in [4.78, 5) is 21.3. The summed E-state index contributed by atoms with van der Waals surface area (Å²) in [5.74, 6) is 1.49. The summed E-state index contributed by atoms with van der Waals surface area (Å²) in [6, 6.07) is 8.07. The van der Waals surface area contributed by atoms with E-state index < -0.39 is 0 Å². The Morgan fingerprint density at radius 3 is 2.83 bits per heavy atom. The molecule has 0 saturated carbocycles. The van der Waals surface area contributed by atoms with Crippen molar-refractivity contribution in [3.05, 3.63) is 24.3 Å². The quantitative estimate of drug-likeness (QED) is 0.902. The van der Waals surface area contributed by atoms with Crippen LogP contribution in [0.2, 0.25) is 0 Å². The van der Waals surface area contributed by atoms with Crippen molar-refractivity contribution in [3.8, 4) is 0 Å². The minimum Gasteiger partial charge on any atom is -0.367 e. The number of carbonyl (C=O) groups excluding carboxylic acids is 1. The van der Waals surface area contributed by atoms with Gasteiger partial charge in [0.15, 0.2) is 0 Å². The van der Waals surface area contributed by atoms with E-state index in [1.807, 2.05) is 18.2 Å². The van der Waals surface area contributed by atoms with Gasteiger partial charge < -0.3 is 15.1 Å².